The first-order valence-electron chi connectivity index (χ1n) is 5.59. The van der Waals surface area contributed by atoms with Crippen LogP contribution in [0.15, 0.2) is 0 Å². The van der Waals surface area contributed by atoms with Gasteiger partial charge >= 0.3 is 0 Å². The van der Waals surface area contributed by atoms with Crippen LogP contribution in [0, 0.1) is 18.3 Å². The van der Waals surface area contributed by atoms with Crippen LogP contribution in [0.2, 0.25) is 0 Å². The summed E-state index contributed by atoms with van der Waals surface area (Å²) in [5.41, 5.74) is 5.47. The normalized spacial score (nSPS) is 14.0. The summed E-state index contributed by atoms with van der Waals surface area (Å²) in [6.07, 6.45) is 8.47. The van der Waals surface area contributed by atoms with Crippen molar-refractivity contribution in [3.8, 4) is 12.3 Å². The predicted molar refractivity (Wildman–Crippen MR) is 63.1 cm³/mol. The summed E-state index contributed by atoms with van der Waals surface area (Å²) in [5, 5.41) is 2.83. The van der Waals surface area contributed by atoms with E-state index < -0.39 is 0 Å². The molecule has 3 heteroatoms. The fraction of sp³-hybridized carbons (Fsp3) is 0.750. The first-order valence-corrected chi connectivity index (χ1v) is 5.59. The van der Waals surface area contributed by atoms with Crippen LogP contribution in [0.3, 0.4) is 0 Å². The number of nitrogens with two attached hydrogens (primary N) is 1. The van der Waals surface area contributed by atoms with Gasteiger partial charge < -0.3 is 11.1 Å². The van der Waals surface area contributed by atoms with Crippen LogP contribution in [0.25, 0.3) is 0 Å². The Hall–Kier alpha value is -1.01. The first kappa shape index (κ1) is 14.0. The van der Waals surface area contributed by atoms with Crippen molar-refractivity contribution in [2.24, 2.45) is 11.7 Å². The van der Waals surface area contributed by atoms with E-state index in [4.69, 9.17) is 12.2 Å². The molecule has 0 bridgehead atoms. The van der Waals surface area contributed by atoms with Crippen LogP contribution in [0.5, 0.6) is 0 Å². The summed E-state index contributed by atoms with van der Waals surface area (Å²) in [6, 6.07) is -0.115. The van der Waals surface area contributed by atoms with E-state index in [1.165, 1.54) is 0 Å². The van der Waals surface area contributed by atoms with Crippen LogP contribution in [0.1, 0.15) is 39.5 Å². The molecule has 3 N–H and O–H groups in total. The maximum atomic E-state index is 11.5. The monoisotopic (exact) mass is 210 g/mol. The summed E-state index contributed by atoms with van der Waals surface area (Å²) in [6.45, 7) is 4.71. The molecule has 0 rings (SSSR count). The van der Waals surface area contributed by atoms with Gasteiger partial charge in [0.05, 0.1) is 6.04 Å². The smallest absolute Gasteiger partial charge is 0.220 e. The second-order valence-corrected chi connectivity index (χ2v) is 3.95. The van der Waals surface area contributed by atoms with E-state index in [1.54, 1.807) is 0 Å². The average Bonchev–Trinajstić information content (AvgIpc) is 2.25. The van der Waals surface area contributed by atoms with Gasteiger partial charge in [0, 0.05) is 6.42 Å². The molecule has 0 fully saturated rings. The maximum absolute atomic E-state index is 11.5. The van der Waals surface area contributed by atoms with E-state index >= 15 is 0 Å². The van der Waals surface area contributed by atoms with Crippen molar-refractivity contribution in [1.29, 1.82) is 0 Å². The number of rotatable bonds is 7. The highest BCUT2D eigenvalue weighted by atomic mass is 16.1. The molecule has 0 aromatic rings. The number of hydrogen-bond acceptors (Lipinski definition) is 2. The number of hydrogen-bond donors (Lipinski definition) is 2. The maximum Gasteiger partial charge on any atom is 0.220 e. The topological polar surface area (TPSA) is 55.1 Å². The highest BCUT2D eigenvalue weighted by Crippen LogP contribution is 2.03. The third kappa shape index (κ3) is 6.98. The van der Waals surface area contributed by atoms with E-state index in [1.807, 2.05) is 13.8 Å². The summed E-state index contributed by atoms with van der Waals surface area (Å²) < 4.78 is 0. The highest BCUT2D eigenvalue weighted by Gasteiger charge is 2.09. The van der Waals surface area contributed by atoms with Gasteiger partial charge in [-0.25, -0.2) is 0 Å². The van der Waals surface area contributed by atoms with Crippen molar-refractivity contribution in [3.63, 3.8) is 0 Å². The van der Waals surface area contributed by atoms with Crippen molar-refractivity contribution < 1.29 is 4.79 Å². The quantitative estimate of drug-likeness (QED) is 0.622. The minimum absolute atomic E-state index is 0.0340. The Bertz CT molecular complexity index is 220. The number of terminal acetylenes is 1. The molecule has 0 radical (unpaired) electrons. The molecule has 0 aliphatic carbocycles. The number of carbonyl (C=O) groups is 1. The summed E-state index contributed by atoms with van der Waals surface area (Å²) in [7, 11) is 0. The second kappa shape index (κ2) is 8.31. The molecule has 0 saturated heterocycles. The van der Waals surface area contributed by atoms with Gasteiger partial charge in [-0.15, -0.1) is 6.42 Å². The standard InChI is InChI=1S/C12H22N2O/c1-4-6-11(5-2)14-12(15)8-7-10(3)9-13/h2,10-11H,4,6-9,13H2,1,3H3,(H,14,15). The fourth-order valence-corrected chi connectivity index (χ4v) is 1.25. The Morgan fingerprint density at radius 1 is 1.53 bits per heavy atom. The zero-order valence-electron chi connectivity index (χ0n) is 9.75. The molecule has 2 atom stereocenters. The molecule has 0 aromatic carbocycles. The van der Waals surface area contributed by atoms with Crippen LogP contribution in [-0.2, 0) is 4.79 Å². The molecular weight excluding hydrogens is 188 g/mol. The molecule has 86 valence electrons. The minimum atomic E-state index is -0.115. The number of carbonyl (C=O) groups excluding carboxylic acids is 1. The van der Waals surface area contributed by atoms with Crippen molar-refractivity contribution in [3.05, 3.63) is 0 Å². The van der Waals surface area contributed by atoms with Crippen LogP contribution < -0.4 is 11.1 Å². The summed E-state index contributed by atoms with van der Waals surface area (Å²) in [4.78, 5) is 11.5. The lowest BCUT2D eigenvalue weighted by atomic mass is 10.1. The molecule has 0 heterocycles. The molecule has 0 spiro atoms. The van der Waals surface area contributed by atoms with Gasteiger partial charge in [-0.3, -0.25) is 4.79 Å². The fourth-order valence-electron chi connectivity index (χ4n) is 1.25. The minimum Gasteiger partial charge on any atom is -0.342 e. The Morgan fingerprint density at radius 3 is 2.67 bits per heavy atom. The van der Waals surface area contributed by atoms with Crippen molar-refractivity contribution in [2.75, 3.05) is 6.54 Å². The number of amides is 1. The molecule has 3 nitrogen and oxygen atoms in total. The Kier molecular flexibility index (Phi) is 7.75. The van der Waals surface area contributed by atoms with Crippen LogP contribution >= 0.6 is 0 Å². The third-order valence-electron chi connectivity index (χ3n) is 2.38. The van der Waals surface area contributed by atoms with Gasteiger partial charge in [-0.2, -0.15) is 0 Å². The molecule has 0 aliphatic rings. The Morgan fingerprint density at radius 2 is 2.20 bits per heavy atom. The Balaban J connectivity index is 3.77. The molecular formula is C12H22N2O. The van der Waals surface area contributed by atoms with E-state index in [9.17, 15) is 4.79 Å². The molecule has 0 aliphatic heterocycles. The SMILES string of the molecule is C#CC(CCC)NC(=O)CCC(C)CN. The number of nitrogens with one attached hydrogen (secondary N) is 1. The lowest BCUT2D eigenvalue weighted by Crippen LogP contribution is -2.33. The van der Waals surface area contributed by atoms with Gasteiger partial charge in [0.1, 0.15) is 0 Å². The molecule has 0 saturated carbocycles. The van der Waals surface area contributed by atoms with Gasteiger partial charge in [0.15, 0.2) is 0 Å². The lowest BCUT2D eigenvalue weighted by Gasteiger charge is -2.13. The van der Waals surface area contributed by atoms with E-state index in [0.29, 0.717) is 18.9 Å². The van der Waals surface area contributed by atoms with Crippen LogP contribution in [-0.4, -0.2) is 18.5 Å². The predicted octanol–water partition coefficient (Wildman–Crippen LogP) is 1.28. The summed E-state index contributed by atoms with van der Waals surface area (Å²) >= 11 is 0. The van der Waals surface area contributed by atoms with Gasteiger partial charge in [-0.1, -0.05) is 26.2 Å². The largest absolute Gasteiger partial charge is 0.342 e. The lowest BCUT2D eigenvalue weighted by molar-refractivity contribution is -0.121. The van der Waals surface area contributed by atoms with E-state index in [0.717, 1.165) is 19.3 Å². The Labute approximate surface area is 92.8 Å². The van der Waals surface area contributed by atoms with Gasteiger partial charge in [0.2, 0.25) is 5.91 Å². The van der Waals surface area contributed by atoms with Gasteiger partial charge in [0.25, 0.3) is 0 Å². The molecule has 15 heavy (non-hydrogen) atoms. The van der Waals surface area contributed by atoms with Crippen molar-refractivity contribution >= 4 is 5.91 Å². The van der Waals surface area contributed by atoms with Crippen molar-refractivity contribution in [2.45, 2.75) is 45.6 Å². The first-order chi connectivity index (χ1) is 7.13. The van der Waals surface area contributed by atoms with Gasteiger partial charge in [-0.05, 0) is 25.3 Å². The second-order valence-electron chi connectivity index (χ2n) is 3.95. The highest BCUT2D eigenvalue weighted by molar-refractivity contribution is 5.76. The average molecular weight is 210 g/mol. The summed E-state index contributed by atoms with van der Waals surface area (Å²) in [5.74, 6) is 3.01. The molecule has 1 amide bonds. The van der Waals surface area contributed by atoms with Crippen molar-refractivity contribution in [1.82, 2.24) is 5.32 Å². The zero-order chi connectivity index (χ0) is 11.7. The zero-order valence-corrected chi connectivity index (χ0v) is 9.75. The van der Waals surface area contributed by atoms with Crippen LogP contribution in [0.4, 0.5) is 0 Å². The van der Waals surface area contributed by atoms with E-state index in [-0.39, 0.29) is 11.9 Å². The molecule has 2 unspecified atom stereocenters. The third-order valence-corrected chi connectivity index (χ3v) is 2.38. The van der Waals surface area contributed by atoms with E-state index in [2.05, 4.69) is 11.2 Å². The molecule has 0 aromatic heterocycles.